The monoisotopic (exact) mass is 394 g/mol. The number of aryl methyl sites for hydroxylation is 1. The lowest BCUT2D eigenvalue weighted by Gasteiger charge is -2.34. The van der Waals surface area contributed by atoms with Crippen molar-refractivity contribution in [1.82, 2.24) is 19.4 Å². The third-order valence-corrected chi connectivity index (χ3v) is 5.47. The topological polar surface area (TPSA) is 97.6 Å². The minimum atomic E-state index is -1.03. The predicted molar refractivity (Wildman–Crippen MR) is 106 cm³/mol. The summed E-state index contributed by atoms with van der Waals surface area (Å²) in [4.78, 5) is 34.1. The molecule has 1 amide bonds. The van der Waals surface area contributed by atoms with Gasteiger partial charge in [0.1, 0.15) is 12.1 Å². The van der Waals surface area contributed by atoms with Crippen LogP contribution in [0.2, 0.25) is 0 Å². The molecule has 0 aliphatic carbocycles. The number of nitrogens with zero attached hydrogens (tertiary/aromatic N) is 4. The van der Waals surface area contributed by atoms with Crippen LogP contribution in [-0.2, 0) is 17.8 Å². The van der Waals surface area contributed by atoms with Gasteiger partial charge in [-0.3, -0.25) is 9.36 Å². The number of carbonyl (C=O) groups is 2. The van der Waals surface area contributed by atoms with Crippen molar-refractivity contribution in [2.45, 2.75) is 46.2 Å². The second-order valence-corrected chi connectivity index (χ2v) is 7.22. The highest BCUT2D eigenvalue weighted by Gasteiger charge is 2.29. The molecular weight excluding hydrogens is 372 g/mol. The molecule has 1 aliphatic rings. The van der Waals surface area contributed by atoms with Crippen LogP contribution in [0, 0.1) is 6.92 Å². The molecule has 29 heavy (non-hydrogen) atoms. The number of carbonyl (C=O) groups excluding carboxylic acids is 1. The summed E-state index contributed by atoms with van der Waals surface area (Å²) in [5.74, 6) is 1.19. The summed E-state index contributed by atoms with van der Waals surface area (Å²) in [5, 5.41) is 10.1. The Morgan fingerprint density at radius 3 is 2.79 bits per heavy atom. The van der Waals surface area contributed by atoms with Crippen LogP contribution in [0.25, 0.3) is 10.9 Å². The summed E-state index contributed by atoms with van der Waals surface area (Å²) in [6.45, 7) is 6.21. The van der Waals surface area contributed by atoms with Crippen molar-refractivity contribution in [3.8, 4) is 11.6 Å². The largest absolute Gasteiger partial charge is 0.464 e. The van der Waals surface area contributed by atoms with Gasteiger partial charge in [0, 0.05) is 35.2 Å². The van der Waals surface area contributed by atoms with Crippen molar-refractivity contribution in [3.63, 3.8) is 0 Å². The Hall–Kier alpha value is -3.42. The minimum absolute atomic E-state index is 0.0384. The molecule has 8 heteroatoms. The number of aromatic nitrogens is 3. The molecule has 3 aromatic rings. The molecule has 8 nitrogen and oxygen atoms in total. The molecule has 0 bridgehead atoms. The Bertz CT molecular complexity index is 1120. The van der Waals surface area contributed by atoms with E-state index in [1.807, 2.05) is 25.7 Å². The van der Waals surface area contributed by atoms with Gasteiger partial charge in [0.2, 0.25) is 11.8 Å². The fraction of sp³-hybridized carbons (Fsp3) is 0.333. The van der Waals surface area contributed by atoms with Crippen molar-refractivity contribution in [2.24, 2.45) is 0 Å². The van der Waals surface area contributed by atoms with E-state index >= 15 is 0 Å². The van der Waals surface area contributed by atoms with Crippen molar-refractivity contribution >= 4 is 22.9 Å². The molecule has 0 fully saturated rings. The highest BCUT2D eigenvalue weighted by molar-refractivity contribution is 5.92. The Morgan fingerprint density at radius 2 is 2.07 bits per heavy atom. The first-order valence-corrected chi connectivity index (χ1v) is 9.54. The van der Waals surface area contributed by atoms with Crippen LogP contribution in [-0.4, -0.2) is 42.6 Å². The SMILES string of the molecule is CCC(=O)N1Cc2ncnc(Oc3ccc4c(ccn4C(=O)O)c3C)c2C[C@@H]1C. The fourth-order valence-corrected chi connectivity index (χ4v) is 3.85. The summed E-state index contributed by atoms with van der Waals surface area (Å²) in [6, 6.07) is 5.28. The zero-order chi connectivity index (χ0) is 20.7. The third kappa shape index (κ3) is 3.20. The summed E-state index contributed by atoms with van der Waals surface area (Å²) < 4.78 is 7.32. The number of rotatable bonds is 3. The van der Waals surface area contributed by atoms with Crippen LogP contribution < -0.4 is 4.74 Å². The summed E-state index contributed by atoms with van der Waals surface area (Å²) in [6.07, 6.45) is 3.03. The number of fused-ring (bicyclic) bond motifs is 2. The summed E-state index contributed by atoms with van der Waals surface area (Å²) >= 11 is 0. The average Bonchev–Trinajstić information content (AvgIpc) is 3.14. The van der Waals surface area contributed by atoms with E-state index in [1.54, 1.807) is 18.2 Å². The van der Waals surface area contributed by atoms with Crippen LogP contribution in [0.4, 0.5) is 4.79 Å². The third-order valence-electron chi connectivity index (χ3n) is 5.47. The van der Waals surface area contributed by atoms with E-state index in [4.69, 9.17) is 4.74 Å². The van der Waals surface area contributed by atoms with Gasteiger partial charge in [-0.2, -0.15) is 0 Å². The van der Waals surface area contributed by atoms with Gasteiger partial charge in [0.05, 0.1) is 17.8 Å². The number of carboxylic acid groups (broad SMARTS) is 1. The molecule has 0 saturated heterocycles. The molecule has 2 aromatic heterocycles. The van der Waals surface area contributed by atoms with E-state index in [0.717, 1.165) is 22.2 Å². The van der Waals surface area contributed by atoms with Gasteiger partial charge in [0.25, 0.3) is 0 Å². The maximum atomic E-state index is 12.2. The molecule has 1 aliphatic heterocycles. The molecule has 150 valence electrons. The number of benzene rings is 1. The van der Waals surface area contributed by atoms with E-state index in [9.17, 15) is 14.7 Å². The van der Waals surface area contributed by atoms with E-state index < -0.39 is 6.09 Å². The van der Waals surface area contributed by atoms with E-state index in [-0.39, 0.29) is 11.9 Å². The Balaban J connectivity index is 1.69. The standard InChI is InChI=1S/C21H22N4O4/c1-4-19(26)25-10-16-15(9-12(25)2)20(23-11-22-16)29-18-6-5-17-14(13(18)3)7-8-24(17)21(27)28/h5-8,11-12H,4,9-10H2,1-3H3,(H,27,28)/t12-/m0/s1. The van der Waals surface area contributed by atoms with Gasteiger partial charge in [-0.1, -0.05) is 6.92 Å². The Morgan fingerprint density at radius 1 is 1.28 bits per heavy atom. The molecule has 0 unspecified atom stereocenters. The first-order chi connectivity index (χ1) is 13.9. The minimum Gasteiger partial charge on any atom is -0.464 e. The molecule has 0 saturated carbocycles. The Kier molecular flexibility index (Phi) is 4.70. The molecule has 1 aromatic carbocycles. The zero-order valence-corrected chi connectivity index (χ0v) is 16.5. The number of hydrogen-bond acceptors (Lipinski definition) is 5. The molecule has 4 rings (SSSR count). The number of ether oxygens (including phenoxy) is 1. The van der Waals surface area contributed by atoms with Crippen LogP contribution in [0.15, 0.2) is 30.7 Å². The van der Waals surface area contributed by atoms with Crippen molar-refractivity contribution in [1.29, 1.82) is 0 Å². The van der Waals surface area contributed by atoms with Gasteiger partial charge in [-0.25, -0.2) is 14.8 Å². The van der Waals surface area contributed by atoms with Gasteiger partial charge in [0.15, 0.2) is 0 Å². The highest BCUT2D eigenvalue weighted by atomic mass is 16.5. The lowest BCUT2D eigenvalue weighted by molar-refractivity contribution is -0.134. The fourth-order valence-electron chi connectivity index (χ4n) is 3.85. The van der Waals surface area contributed by atoms with E-state index in [1.165, 1.54) is 17.1 Å². The quantitative estimate of drug-likeness (QED) is 0.727. The highest BCUT2D eigenvalue weighted by Crippen LogP contribution is 2.34. The van der Waals surface area contributed by atoms with Crippen molar-refractivity contribution in [3.05, 3.63) is 47.5 Å². The first kappa shape index (κ1) is 18.9. The first-order valence-electron chi connectivity index (χ1n) is 9.54. The Labute approximate surface area is 167 Å². The smallest absolute Gasteiger partial charge is 0.415 e. The van der Waals surface area contributed by atoms with E-state index in [2.05, 4.69) is 9.97 Å². The second-order valence-electron chi connectivity index (χ2n) is 7.22. The van der Waals surface area contributed by atoms with Gasteiger partial charge >= 0.3 is 6.09 Å². The lowest BCUT2D eigenvalue weighted by atomic mass is 9.99. The van der Waals surface area contributed by atoms with Gasteiger partial charge in [-0.15, -0.1) is 0 Å². The second kappa shape index (κ2) is 7.20. The maximum absolute atomic E-state index is 12.2. The molecule has 0 radical (unpaired) electrons. The average molecular weight is 394 g/mol. The van der Waals surface area contributed by atoms with Gasteiger partial charge in [-0.05, 0) is 38.5 Å². The molecule has 3 heterocycles. The molecular formula is C21H22N4O4. The number of hydrogen-bond donors (Lipinski definition) is 1. The van der Waals surface area contributed by atoms with Crippen molar-refractivity contribution < 1.29 is 19.4 Å². The number of amides is 1. The normalized spacial score (nSPS) is 16.0. The molecule has 1 N–H and O–H groups in total. The van der Waals surface area contributed by atoms with Crippen molar-refractivity contribution in [2.75, 3.05) is 0 Å². The van der Waals surface area contributed by atoms with E-state index in [0.29, 0.717) is 36.5 Å². The maximum Gasteiger partial charge on any atom is 0.415 e. The predicted octanol–water partition coefficient (Wildman–Crippen LogP) is 3.74. The summed E-state index contributed by atoms with van der Waals surface area (Å²) in [7, 11) is 0. The molecule has 1 atom stereocenters. The van der Waals surface area contributed by atoms with Crippen LogP contribution in [0.5, 0.6) is 11.6 Å². The summed E-state index contributed by atoms with van der Waals surface area (Å²) in [5.41, 5.74) is 3.14. The van der Waals surface area contributed by atoms with Gasteiger partial charge < -0.3 is 14.7 Å². The lowest BCUT2D eigenvalue weighted by Crippen LogP contribution is -2.42. The van der Waals surface area contributed by atoms with Crippen LogP contribution in [0.1, 0.15) is 37.1 Å². The van der Waals surface area contributed by atoms with Crippen LogP contribution >= 0.6 is 0 Å². The van der Waals surface area contributed by atoms with Crippen LogP contribution in [0.3, 0.4) is 0 Å². The molecule has 0 spiro atoms. The zero-order valence-electron chi connectivity index (χ0n) is 16.5.